The molecule has 1 rings (SSSR count). The molecular formula is C15H27NSi. The Hall–Kier alpha value is -0.603. The van der Waals surface area contributed by atoms with Gasteiger partial charge in [0.1, 0.15) is 8.24 Å². The predicted octanol–water partition coefficient (Wildman–Crippen LogP) is 4.21. The van der Waals surface area contributed by atoms with Gasteiger partial charge in [0.25, 0.3) is 0 Å². The first kappa shape index (κ1) is 14.5. The zero-order chi connectivity index (χ0) is 12.6. The normalized spacial score (nSPS) is 11.7. The van der Waals surface area contributed by atoms with E-state index in [1.807, 2.05) is 0 Å². The molecule has 1 N–H and O–H groups in total. The summed E-state index contributed by atoms with van der Waals surface area (Å²) in [6.45, 7) is 8.24. The van der Waals surface area contributed by atoms with E-state index in [-0.39, 0.29) is 0 Å². The minimum Gasteiger partial charge on any atom is -0.337 e. The highest BCUT2D eigenvalue weighted by atomic mass is 28.3. The highest BCUT2D eigenvalue weighted by molar-refractivity contribution is 6.77. The van der Waals surface area contributed by atoms with Crippen LogP contribution in [0.3, 0.4) is 0 Å². The van der Waals surface area contributed by atoms with E-state index in [4.69, 9.17) is 0 Å². The van der Waals surface area contributed by atoms with Crippen molar-refractivity contribution in [1.29, 1.82) is 0 Å². The van der Waals surface area contributed by atoms with Crippen molar-refractivity contribution in [3.8, 4) is 0 Å². The van der Waals surface area contributed by atoms with Crippen LogP contribution in [-0.4, -0.2) is 14.8 Å². The predicted molar refractivity (Wildman–Crippen MR) is 80.0 cm³/mol. The van der Waals surface area contributed by atoms with Gasteiger partial charge in [0, 0.05) is 0 Å². The van der Waals surface area contributed by atoms with E-state index in [1.54, 1.807) is 0 Å². The molecule has 0 fully saturated rings. The van der Waals surface area contributed by atoms with E-state index in [2.05, 4.69) is 56.1 Å². The summed E-state index contributed by atoms with van der Waals surface area (Å²) < 4.78 is 0. The highest BCUT2D eigenvalue weighted by Crippen LogP contribution is 2.16. The molecule has 0 unspecified atom stereocenters. The fraction of sp³-hybridized carbons (Fsp3) is 0.600. The van der Waals surface area contributed by atoms with E-state index in [0.717, 1.165) is 0 Å². The van der Waals surface area contributed by atoms with Crippen LogP contribution in [0.2, 0.25) is 18.1 Å². The molecule has 0 atom stereocenters. The third-order valence-electron chi connectivity index (χ3n) is 4.02. The zero-order valence-electron chi connectivity index (χ0n) is 11.6. The minimum absolute atomic E-state index is 1.11. The summed E-state index contributed by atoms with van der Waals surface area (Å²) >= 11 is 0. The molecule has 17 heavy (non-hydrogen) atoms. The van der Waals surface area contributed by atoms with Crippen LogP contribution in [0.5, 0.6) is 0 Å². The standard InChI is InChI=1S/C15H27NSi/c1-4-17(5-2,6-3)16-14-10-13-15-11-8-7-9-12-15/h7-9,11-12,16H,4-6,10,13-14H2,1-3H3. The van der Waals surface area contributed by atoms with E-state index in [1.165, 1.54) is 43.1 Å². The Labute approximate surface area is 108 Å². The molecular weight excluding hydrogens is 222 g/mol. The summed E-state index contributed by atoms with van der Waals surface area (Å²) in [5.74, 6) is 0. The maximum Gasteiger partial charge on any atom is 0.124 e. The van der Waals surface area contributed by atoms with Crippen molar-refractivity contribution in [2.75, 3.05) is 6.54 Å². The van der Waals surface area contributed by atoms with Crippen LogP contribution in [0, 0.1) is 0 Å². The number of rotatable bonds is 8. The number of aryl methyl sites for hydroxylation is 1. The van der Waals surface area contributed by atoms with Gasteiger partial charge >= 0.3 is 0 Å². The molecule has 0 aromatic heterocycles. The first-order chi connectivity index (χ1) is 8.26. The Morgan fingerprint density at radius 3 is 2.06 bits per heavy atom. The van der Waals surface area contributed by atoms with Gasteiger partial charge in [-0.1, -0.05) is 51.1 Å². The fourth-order valence-corrected chi connectivity index (χ4v) is 5.37. The number of nitrogens with one attached hydrogen (secondary N) is 1. The maximum absolute atomic E-state index is 3.89. The summed E-state index contributed by atoms with van der Waals surface area (Å²) in [5.41, 5.74) is 1.46. The second-order valence-electron chi connectivity index (χ2n) is 4.86. The fourth-order valence-electron chi connectivity index (χ4n) is 2.42. The van der Waals surface area contributed by atoms with Gasteiger partial charge in [-0.3, -0.25) is 0 Å². The highest BCUT2D eigenvalue weighted by Gasteiger charge is 2.25. The van der Waals surface area contributed by atoms with Gasteiger partial charge in [0.2, 0.25) is 0 Å². The molecule has 0 saturated carbocycles. The molecule has 0 radical (unpaired) electrons. The molecule has 0 saturated heterocycles. The van der Waals surface area contributed by atoms with Crippen molar-refractivity contribution in [3.63, 3.8) is 0 Å². The molecule has 1 aromatic carbocycles. The summed E-state index contributed by atoms with van der Waals surface area (Å²) in [6.07, 6.45) is 2.47. The lowest BCUT2D eigenvalue weighted by Crippen LogP contribution is -2.49. The third kappa shape index (κ3) is 4.64. The van der Waals surface area contributed by atoms with Gasteiger partial charge in [-0.25, -0.2) is 0 Å². The SMILES string of the molecule is CC[Si](CC)(CC)NCCCc1ccccc1. The van der Waals surface area contributed by atoms with Crippen LogP contribution in [0.15, 0.2) is 30.3 Å². The second kappa shape index (κ2) is 7.67. The first-order valence-electron chi connectivity index (χ1n) is 7.05. The topological polar surface area (TPSA) is 12.0 Å². The Balaban J connectivity index is 2.28. The van der Waals surface area contributed by atoms with E-state index in [0.29, 0.717) is 0 Å². The van der Waals surface area contributed by atoms with Crippen LogP contribution in [0.25, 0.3) is 0 Å². The van der Waals surface area contributed by atoms with Crippen LogP contribution >= 0.6 is 0 Å². The second-order valence-corrected chi connectivity index (χ2v) is 9.89. The molecule has 96 valence electrons. The summed E-state index contributed by atoms with van der Waals surface area (Å²) in [6, 6.07) is 14.9. The van der Waals surface area contributed by atoms with Crippen LogP contribution < -0.4 is 4.98 Å². The molecule has 0 heterocycles. The van der Waals surface area contributed by atoms with Crippen molar-refractivity contribution in [2.45, 2.75) is 51.7 Å². The molecule has 0 spiro atoms. The van der Waals surface area contributed by atoms with Gasteiger partial charge < -0.3 is 4.98 Å². The molecule has 1 nitrogen and oxygen atoms in total. The van der Waals surface area contributed by atoms with E-state index >= 15 is 0 Å². The first-order valence-corrected chi connectivity index (χ1v) is 9.67. The van der Waals surface area contributed by atoms with Crippen LogP contribution in [-0.2, 0) is 6.42 Å². The minimum atomic E-state index is -1.11. The Kier molecular flexibility index (Phi) is 6.52. The quantitative estimate of drug-likeness (QED) is 0.537. The van der Waals surface area contributed by atoms with Crippen molar-refractivity contribution in [1.82, 2.24) is 4.98 Å². The maximum atomic E-state index is 3.89. The van der Waals surface area contributed by atoms with Gasteiger partial charge in [0.05, 0.1) is 0 Å². The van der Waals surface area contributed by atoms with Gasteiger partial charge in [-0.05, 0) is 43.1 Å². The van der Waals surface area contributed by atoms with Crippen LogP contribution in [0.1, 0.15) is 32.8 Å². The van der Waals surface area contributed by atoms with Gasteiger partial charge in [-0.2, -0.15) is 0 Å². The van der Waals surface area contributed by atoms with Gasteiger partial charge in [-0.15, -0.1) is 0 Å². The molecule has 0 bridgehead atoms. The Bertz CT molecular complexity index is 285. The van der Waals surface area contributed by atoms with Crippen molar-refractivity contribution < 1.29 is 0 Å². The van der Waals surface area contributed by atoms with Crippen molar-refractivity contribution in [3.05, 3.63) is 35.9 Å². The average molecular weight is 249 g/mol. The van der Waals surface area contributed by atoms with E-state index < -0.39 is 8.24 Å². The molecule has 0 aliphatic heterocycles. The van der Waals surface area contributed by atoms with Crippen molar-refractivity contribution in [2.24, 2.45) is 0 Å². The monoisotopic (exact) mass is 249 g/mol. The largest absolute Gasteiger partial charge is 0.337 e. The molecule has 1 aromatic rings. The number of benzene rings is 1. The third-order valence-corrected chi connectivity index (χ3v) is 9.08. The Morgan fingerprint density at radius 2 is 1.53 bits per heavy atom. The lowest BCUT2D eigenvalue weighted by atomic mass is 10.1. The molecule has 0 aliphatic carbocycles. The zero-order valence-corrected chi connectivity index (χ0v) is 12.6. The van der Waals surface area contributed by atoms with E-state index in [9.17, 15) is 0 Å². The summed E-state index contributed by atoms with van der Waals surface area (Å²) in [4.78, 5) is 3.89. The molecule has 0 amide bonds. The van der Waals surface area contributed by atoms with Crippen molar-refractivity contribution >= 4 is 8.24 Å². The number of hydrogen-bond donors (Lipinski definition) is 1. The number of hydrogen-bond acceptors (Lipinski definition) is 1. The summed E-state index contributed by atoms with van der Waals surface area (Å²) in [7, 11) is -1.11. The summed E-state index contributed by atoms with van der Waals surface area (Å²) in [5, 5.41) is 0. The average Bonchev–Trinajstić information content (AvgIpc) is 2.41. The molecule has 2 heteroatoms. The lowest BCUT2D eigenvalue weighted by molar-refractivity contribution is 0.760. The van der Waals surface area contributed by atoms with Crippen LogP contribution in [0.4, 0.5) is 0 Å². The van der Waals surface area contributed by atoms with Gasteiger partial charge in [0.15, 0.2) is 0 Å². The molecule has 0 aliphatic rings. The Morgan fingerprint density at radius 1 is 0.941 bits per heavy atom. The lowest BCUT2D eigenvalue weighted by Gasteiger charge is -2.29. The smallest absolute Gasteiger partial charge is 0.124 e.